The van der Waals surface area contributed by atoms with Crippen LogP contribution in [0.4, 0.5) is 0 Å². The number of rotatable bonds is 6. The molecular weight excluding hydrogens is 338 g/mol. The standard InChI is InChI=1S/C22H31N3O2/c1-16(2)13-19-14-21(27-23-19)22(26)25-12-6-5-7-20(25)18-10-8-17(9-11-18)15-24(3)4/h8-11,14,16,20H,5-7,12-13,15H2,1-4H3/t20-/m1/s1. The molecule has 1 saturated heterocycles. The first kappa shape index (κ1) is 19.6. The normalized spacial score (nSPS) is 17.7. The maximum atomic E-state index is 13.1. The van der Waals surface area contributed by atoms with Crippen LogP contribution in [0.1, 0.15) is 66.5 Å². The molecule has 1 atom stereocenters. The van der Waals surface area contributed by atoms with Gasteiger partial charge in [0.05, 0.1) is 11.7 Å². The van der Waals surface area contributed by atoms with Crippen LogP contribution < -0.4 is 0 Å². The largest absolute Gasteiger partial charge is 0.351 e. The van der Waals surface area contributed by atoms with Crippen LogP contribution in [0.25, 0.3) is 0 Å². The van der Waals surface area contributed by atoms with Gasteiger partial charge in [-0.25, -0.2) is 0 Å². The van der Waals surface area contributed by atoms with Gasteiger partial charge in [0.25, 0.3) is 5.91 Å². The van der Waals surface area contributed by atoms with Crippen molar-refractivity contribution < 1.29 is 9.32 Å². The quantitative estimate of drug-likeness (QED) is 0.762. The third-order valence-corrected chi connectivity index (χ3v) is 5.01. The van der Waals surface area contributed by atoms with E-state index in [1.54, 1.807) is 0 Å². The maximum Gasteiger partial charge on any atom is 0.292 e. The van der Waals surface area contributed by atoms with Crippen LogP contribution in [0.5, 0.6) is 0 Å². The lowest BCUT2D eigenvalue weighted by Gasteiger charge is -2.35. The molecule has 0 spiro atoms. The fourth-order valence-corrected chi connectivity index (χ4v) is 3.80. The van der Waals surface area contributed by atoms with Crippen molar-refractivity contribution in [3.8, 4) is 0 Å². The number of amides is 1. The summed E-state index contributed by atoms with van der Waals surface area (Å²) in [7, 11) is 4.14. The van der Waals surface area contributed by atoms with E-state index >= 15 is 0 Å². The van der Waals surface area contributed by atoms with Gasteiger partial charge in [-0.2, -0.15) is 0 Å². The number of aromatic nitrogens is 1. The summed E-state index contributed by atoms with van der Waals surface area (Å²) in [5, 5.41) is 4.08. The molecule has 3 rings (SSSR count). The van der Waals surface area contributed by atoms with E-state index in [0.29, 0.717) is 11.7 Å². The van der Waals surface area contributed by atoms with Crippen molar-refractivity contribution >= 4 is 5.91 Å². The number of nitrogens with zero attached hydrogens (tertiary/aromatic N) is 3. The van der Waals surface area contributed by atoms with Gasteiger partial charge in [-0.1, -0.05) is 43.3 Å². The van der Waals surface area contributed by atoms with Crippen molar-refractivity contribution in [1.29, 1.82) is 0 Å². The van der Waals surface area contributed by atoms with Gasteiger partial charge in [-0.05, 0) is 56.8 Å². The molecule has 0 aliphatic carbocycles. The third-order valence-electron chi connectivity index (χ3n) is 5.01. The average Bonchev–Trinajstić information content (AvgIpc) is 3.09. The third kappa shape index (κ3) is 4.98. The minimum Gasteiger partial charge on any atom is -0.351 e. The van der Waals surface area contributed by atoms with E-state index in [4.69, 9.17) is 4.52 Å². The van der Waals surface area contributed by atoms with Crippen molar-refractivity contribution in [2.45, 2.75) is 52.1 Å². The molecule has 1 amide bonds. The fourth-order valence-electron chi connectivity index (χ4n) is 3.80. The molecule has 1 aliphatic heterocycles. The molecule has 1 aromatic carbocycles. The Balaban J connectivity index is 1.76. The lowest BCUT2D eigenvalue weighted by molar-refractivity contribution is 0.0569. The number of hydrogen-bond donors (Lipinski definition) is 0. The molecule has 1 aromatic heterocycles. The van der Waals surface area contributed by atoms with Gasteiger partial charge in [0.15, 0.2) is 0 Å². The van der Waals surface area contributed by atoms with Crippen molar-refractivity contribution in [3.63, 3.8) is 0 Å². The van der Waals surface area contributed by atoms with E-state index in [1.807, 2.05) is 11.0 Å². The first-order valence-electron chi connectivity index (χ1n) is 9.94. The van der Waals surface area contributed by atoms with Gasteiger partial charge < -0.3 is 14.3 Å². The minimum absolute atomic E-state index is 0.0421. The molecule has 0 radical (unpaired) electrons. The summed E-state index contributed by atoms with van der Waals surface area (Å²) in [4.78, 5) is 17.2. The Morgan fingerprint density at radius 2 is 2.00 bits per heavy atom. The lowest BCUT2D eigenvalue weighted by Crippen LogP contribution is -2.38. The second-order valence-electron chi connectivity index (χ2n) is 8.27. The molecule has 1 fully saturated rings. The minimum atomic E-state index is -0.0421. The van der Waals surface area contributed by atoms with E-state index in [0.717, 1.165) is 44.5 Å². The Morgan fingerprint density at radius 1 is 1.26 bits per heavy atom. The molecule has 0 unspecified atom stereocenters. The summed E-state index contributed by atoms with van der Waals surface area (Å²) in [5.41, 5.74) is 3.34. The fraction of sp³-hybridized carbons (Fsp3) is 0.545. The molecule has 146 valence electrons. The smallest absolute Gasteiger partial charge is 0.292 e. The van der Waals surface area contributed by atoms with E-state index in [9.17, 15) is 4.79 Å². The molecule has 0 N–H and O–H groups in total. The van der Waals surface area contributed by atoms with Gasteiger partial charge in [0, 0.05) is 19.2 Å². The van der Waals surface area contributed by atoms with Gasteiger partial charge in [0.2, 0.25) is 5.76 Å². The summed E-state index contributed by atoms with van der Waals surface area (Å²) >= 11 is 0. The van der Waals surface area contributed by atoms with Crippen LogP contribution in [0.15, 0.2) is 34.9 Å². The van der Waals surface area contributed by atoms with E-state index in [2.05, 4.69) is 62.3 Å². The van der Waals surface area contributed by atoms with Crippen LogP contribution in [0.2, 0.25) is 0 Å². The molecule has 5 nitrogen and oxygen atoms in total. The zero-order valence-corrected chi connectivity index (χ0v) is 16.9. The highest BCUT2D eigenvalue weighted by atomic mass is 16.5. The van der Waals surface area contributed by atoms with Crippen molar-refractivity contribution in [1.82, 2.24) is 15.0 Å². The summed E-state index contributed by atoms with van der Waals surface area (Å²) < 4.78 is 5.38. The Labute approximate surface area is 162 Å². The molecule has 2 aromatic rings. The van der Waals surface area contributed by atoms with E-state index in [-0.39, 0.29) is 11.9 Å². The summed E-state index contributed by atoms with van der Waals surface area (Å²) in [6.07, 6.45) is 4.00. The molecule has 0 saturated carbocycles. The Kier molecular flexibility index (Phi) is 6.32. The van der Waals surface area contributed by atoms with E-state index < -0.39 is 0 Å². The zero-order chi connectivity index (χ0) is 19.4. The highest BCUT2D eigenvalue weighted by Gasteiger charge is 2.30. The monoisotopic (exact) mass is 369 g/mol. The predicted molar refractivity (Wildman–Crippen MR) is 107 cm³/mol. The summed E-state index contributed by atoms with van der Waals surface area (Å²) in [6, 6.07) is 10.6. The number of carbonyl (C=O) groups is 1. The zero-order valence-electron chi connectivity index (χ0n) is 16.9. The van der Waals surface area contributed by atoms with Crippen LogP contribution in [0.3, 0.4) is 0 Å². The first-order chi connectivity index (χ1) is 12.9. The lowest BCUT2D eigenvalue weighted by atomic mass is 9.94. The van der Waals surface area contributed by atoms with Crippen molar-refractivity contribution in [2.75, 3.05) is 20.6 Å². The SMILES string of the molecule is CC(C)Cc1cc(C(=O)N2CCCC[C@@H]2c2ccc(CN(C)C)cc2)on1. The number of carbonyl (C=O) groups excluding carboxylic acids is 1. The van der Waals surface area contributed by atoms with Gasteiger partial charge in [-0.3, -0.25) is 4.79 Å². The Hall–Kier alpha value is -2.14. The summed E-state index contributed by atoms with van der Waals surface area (Å²) in [6.45, 7) is 5.96. The van der Waals surface area contributed by atoms with Crippen LogP contribution in [-0.4, -0.2) is 41.5 Å². The molecular formula is C22H31N3O2. The highest BCUT2D eigenvalue weighted by Crippen LogP contribution is 2.32. The Morgan fingerprint density at radius 3 is 2.67 bits per heavy atom. The topological polar surface area (TPSA) is 49.6 Å². The molecule has 1 aliphatic rings. The number of piperidine rings is 1. The molecule has 5 heteroatoms. The Bertz CT molecular complexity index is 749. The van der Waals surface area contributed by atoms with Crippen LogP contribution >= 0.6 is 0 Å². The summed E-state index contributed by atoms with van der Waals surface area (Å²) in [5.74, 6) is 0.808. The van der Waals surface area contributed by atoms with Crippen molar-refractivity contribution in [3.05, 3.63) is 52.9 Å². The number of hydrogen-bond acceptors (Lipinski definition) is 4. The van der Waals surface area contributed by atoms with Gasteiger partial charge >= 0.3 is 0 Å². The van der Waals surface area contributed by atoms with Crippen LogP contribution in [0, 0.1) is 5.92 Å². The molecule has 2 heterocycles. The number of benzene rings is 1. The second kappa shape index (κ2) is 8.70. The molecule has 0 bridgehead atoms. The predicted octanol–water partition coefficient (Wildman–Crippen LogP) is 4.30. The van der Waals surface area contributed by atoms with E-state index in [1.165, 1.54) is 11.1 Å². The average molecular weight is 370 g/mol. The maximum absolute atomic E-state index is 13.1. The number of likely N-dealkylation sites (tertiary alicyclic amines) is 1. The van der Waals surface area contributed by atoms with Crippen LogP contribution in [-0.2, 0) is 13.0 Å². The van der Waals surface area contributed by atoms with Crippen molar-refractivity contribution in [2.24, 2.45) is 5.92 Å². The first-order valence-corrected chi connectivity index (χ1v) is 9.94. The van der Waals surface area contributed by atoms with Gasteiger partial charge in [-0.15, -0.1) is 0 Å². The highest BCUT2D eigenvalue weighted by molar-refractivity contribution is 5.91. The molecule has 27 heavy (non-hydrogen) atoms. The van der Waals surface area contributed by atoms with Gasteiger partial charge in [0.1, 0.15) is 0 Å². The second-order valence-corrected chi connectivity index (χ2v) is 8.27.